The van der Waals surface area contributed by atoms with Crippen molar-refractivity contribution in [3.05, 3.63) is 69.3 Å². The Morgan fingerprint density at radius 3 is 1.87 bits per heavy atom. The number of aromatic nitrogens is 4. The zero-order valence-corrected chi connectivity index (χ0v) is 24.2. The number of rotatable bonds is 6. The number of aliphatic hydroxyl groups excluding tert-OH is 2. The summed E-state index contributed by atoms with van der Waals surface area (Å²) in [5.74, 6) is 0. The number of nitrogens with zero attached hydrogens (tertiary/aromatic N) is 2. The molecule has 0 amide bonds. The van der Waals surface area contributed by atoms with Crippen LogP contribution in [0.3, 0.4) is 0 Å². The summed E-state index contributed by atoms with van der Waals surface area (Å²) in [4.78, 5) is 17.5. The molecule has 6 nitrogen and oxygen atoms in total. The summed E-state index contributed by atoms with van der Waals surface area (Å²) in [6, 6.07) is 8.51. The van der Waals surface area contributed by atoms with Gasteiger partial charge in [0, 0.05) is 34.2 Å². The first-order valence-electron chi connectivity index (χ1n) is 14.1. The SMILES string of the molecule is CCC1=C(C)c2cc3[nH]c(cc4nc(cc5[nH]c(cc1n2)c(C)c5CC)C(CCCO)=C4C)c(C)c3C(C)O. The van der Waals surface area contributed by atoms with Crippen LogP contribution >= 0.6 is 0 Å². The first kappa shape index (κ1) is 27.1. The number of aryl methyl sites for hydroxylation is 3. The minimum Gasteiger partial charge on any atom is -0.396 e. The topological polar surface area (TPSA) is 97.8 Å². The van der Waals surface area contributed by atoms with E-state index in [2.05, 4.69) is 68.9 Å². The average molecular weight is 525 g/mol. The largest absolute Gasteiger partial charge is 0.396 e. The number of hydrogen-bond acceptors (Lipinski definition) is 4. The van der Waals surface area contributed by atoms with Gasteiger partial charge in [-0.1, -0.05) is 13.8 Å². The molecule has 3 aromatic rings. The van der Waals surface area contributed by atoms with Gasteiger partial charge in [0.15, 0.2) is 0 Å². The molecule has 8 bridgehead atoms. The minimum absolute atomic E-state index is 0.143. The molecular weight excluding hydrogens is 484 g/mol. The number of allylic oxidation sites excluding steroid dienone is 4. The molecule has 0 saturated heterocycles. The van der Waals surface area contributed by atoms with Gasteiger partial charge in [-0.15, -0.1) is 0 Å². The third-order valence-electron chi connectivity index (χ3n) is 8.43. The van der Waals surface area contributed by atoms with Crippen molar-refractivity contribution >= 4 is 44.4 Å². The van der Waals surface area contributed by atoms with Gasteiger partial charge in [0.1, 0.15) is 0 Å². The quantitative estimate of drug-likeness (QED) is 0.267. The molecule has 1 unspecified atom stereocenters. The van der Waals surface area contributed by atoms with Crippen LogP contribution < -0.4 is 0 Å². The Morgan fingerprint density at radius 1 is 0.718 bits per heavy atom. The van der Waals surface area contributed by atoms with Crippen LogP contribution in [0.15, 0.2) is 24.3 Å². The Morgan fingerprint density at radius 2 is 1.26 bits per heavy atom. The Hall–Kier alpha value is -3.48. The fraction of sp³-hybridized carbons (Fsp3) is 0.394. The Balaban J connectivity index is 1.97. The molecule has 39 heavy (non-hydrogen) atoms. The van der Waals surface area contributed by atoms with Crippen molar-refractivity contribution in [1.82, 2.24) is 19.9 Å². The van der Waals surface area contributed by atoms with Gasteiger partial charge in [0.2, 0.25) is 0 Å². The number of fused-ring (bicyclic) bond motifs is 8. The number of nitrogens with one attached hydrogen (secondary N) is 2. The highest BCUT2D eigenvalue weighted by atomic mass is 16.3. The molecule has 1 atom stereocenters. The van der Waals surface area contributed by atoms with E-state index in [0.717, 1.165) is 86.4 Å². The van der Waals surface area contributed by atoms with E-state index in [9.17, 15) is 10.2 Å². The van der Waals surface area contributed by atoms with Crippen molar-refractivity contribution < 1.29 is 10.2 Å². The van der Waals surface area contributed by atoms with Crippen LogP contribution in [-0.4, -0.2) is 36.8 Å². The predicted molar refractivity (Wildman–Crippen MR) is 162 cm³/mol. The lowest BCUT2D eigenvalue weighted by Gasteiger charge is -2.04. The van der Waals surface area contributed by atoms with Gasteiger partial charge in [0.25, 0.3) is 0 Å². The van der Waals surface area contributed by atoms with Crippen molar-refractivity contribution in [1.29, 1.82) is 0 Å². The van der Waals surface area contributed by atoms with E-state index in [-0.39, 0.29) is 6.61 Å². The summed E-state index contributed by atoms with van der Waals surface area (Å²) in [7, 11) is 0. The highest BCUT2D eigenvalue weighted by Crippen LogP contribution is 2.37. The molecule has 204 valence electrons. The molecule has 4 N–H and O–H groups in total. The molecular formula is C33H40N4O2. The molecule has 3 aromatic heterocycles. The van der Waals surface area contributed by atoms with Crippen LogP contribution in [0.2, 0.25) is 0 Å². The Bertz CT molecular complexity index is 1680. The molecule has 0 saturated carbocycles. The zero-order chi connectivity index (χ0) is 28.0. The van der Waals surface area contributed by atoms with Gasteiger partial charge in [-0.25, -0.2) is 9.97 Å². The highest BCUT2D eigenvalue weighted by Gasteiger charge is 2.21. The predicted octanol–water partition coefficient (Wildman–Crippen LogP) is 7.59. The molecule has 5 rings (SSSR count). The van der Waals surface area contributed by atoms with Crippen molar-refractivity contribution in [2.24, 2.45) is 0 Å². The Labute approximate surface area is 230 Å². The first-order chi connectivity index (χ1) is 18.7. The van der Waals surface area contributed by atoms with E-state index in [1.54, 1.807) is 0 Å². The summed E-state index contributed by atoms with van der Waals surface area (Å²) in [5.41, 5.74) is 16.8. The molecule has 6 heteroatoms. The van der Waals surface area contributed by atoms with E-state index in [1.807, 2.05) is 13.8 Å². The first-order valence-corrected chi connectivity index (χ1v) is 14.1. The average Bonchev–Trinajstić information content (AvgIpc) is 3.56. The second kappa shape index (κ2) is 10.6. The number of aromatic amines is 2. The third-order valence-corrected chi connectivity index (χ3v) is 8.43. The maximum absolute atomic E-state index is 10.8. The van der Waals surface area contributed by atoms with Gasteiger partial charge in [-0.2, -0.15) is 0 Å². The van der Waals surface area contributed by atoms with Crippen LogP contribution in [0.1, 0.15) is 105 Å². The summed E-state index contributed by atoms with van der Waals surface area (Å²) in [5, 5.41) is 20.3. The van der Waals surface area contributed by atoms with Crippen LogP contribution in [0.25, 0.3) is 44.4 Å². The highest BCUT2D eigenvalue weighted by molar-refractivity contribution is 5.94. The van der Waals surface area contributed by atoms with Crippen molar-refractivity contribution in [3.63, 3.8) is 0 Å². The lowest BCUT2D eigenvalue weighted by Crippen LogP contribution is -1.92. The van der Waals surface area contributed by atoms with Gasteiger partial charge < -0.3 is 20.2 Å². The van der Waals surface area contributed by atoms with E-state index >= 15 is 0 Å². The van der Waals surface area contributed by atoms with Crippen molar-refractivity contribution in [2.45, 2.75) is 80.3 Å². The fourth-order valence-electron chi connectivity index (χ4n) is 6.19. The monoisotopic (exact) mass is 524 g/mol. The molecule has 5 heterocycles. The van der Waals surface area contributed by atoms with E-state index < -0.39 is 6.10 Å². The fourth-order valence-corrected chi connectivity index (χ4v) is 6.19. The molecule has 0 spiro atoms. The summed E-state index contributed by atoms with van der Waals surface area (Å²) in [6.07, 6.45) is 2.61. The maximum atomic E-state index is 10.8. The van der Waals surface area contributed by atoms with Crippen LogP contribution in [0, 0.1) is 13.8 Å². The Kier molecular flexibility index (Phi) is 7.36. The number of aliphatic hydroxyl groups is 2. The van der Waals surface area contributed by atoms with Gasteiger partial charge >= 0.3 is 0 Å². The van der Waals surface area contributed by atoms with E-state index in [1.165, 1.54) is 22.3 Å². The maximum Gasteiger partial charge on any atom is 0.0785 e. The normalized spacial score (nSPS) is 14.5. The summed E-state index contributed by atoms with van der Waals surface area (Å²) < 4.78 is 0. The van der Waals surface area contributed by atoms with Crippen molar-refractivity contribution in [2.75, 3.05) is 6.61 Å². The molecule has 2 aliphatic rings. The van der Waals surface area contributed by atoms with Crippen molar-refractivity contribution in [3.8, 4) is 0 Å². The van der Waals surface area contributed by atoms with Crippen LogP contribution in [-0.2, 0) is 6.42 Å². The number of hydrogen-bond donors (Lipinski definition) is 4. The summed E-state index contributed by atoms with van der Waals surface area (Å²) >= 11 is 0. The molecule has 0 fully saturated rings. The minimum atomic E-state index is -0.631. The standard InChI is InChI=1S/C33H40N4O2/c1-8-22-18(4)27-15-32-33(21(7)39)20(6)28(37-32)13-25-19(5)24(11-10-12-38)31(36-25)16-30-23(9-2)17(3)26(34-30)14-29(22)35-27/h13-16,21,34,37-39H,8-12H2,1-7H3. The number of H-pyrrole nitrogens is 2. The second-order valence-electron chi connectivity index (χ2n) is 10.8. The molecule has 0 aliphatic carbocycles. The zero-order valence-electron chi connectivity index (χ0n) is 24.2. The third kappa shape index (κ3) is 4.66. The van der Waals surface area contributed by atoms with Gasteiger partial charge in [-0.3, -0.25) is 0 Å². The van der Waals surface area contributed by atoms with E-state index in [0.29, 0.717) is 6.42 Å². The molecule has 0 aromatic carbocycles. The smallest absolute Gasteiger partial charge is 0.0785 e. The molecule has 2 aliphatic heterocycles. The van der Waals surface area contributed by atoms with Gasteiger partial charge in [-0.05, 0) is 124 Å². The van der Waals surface area contributed by atoms with Crippen LogP contribution in [0.4, 0.5) is 0 Å². The lowest BCUT2D eigenvalue weighted by atomic mass is 10.0. The van der Waals surface area contributed by atoms with Gasteiger partial charge in [0.05, 0.1) is 28.9 Å². The van der Waals surface area contributed by atoms with Crippen LogP contribution in [0.5, 0.6) is 0 Å². The lowest BCUT2D eigenvalue weighted by molar-refractivity contribution is 0.200. The molecule has 0 radical (unpaired) electrons. The van der Waals surface area contributed by atoms with E-state index in [4.69, 9.17) is 9.97 Å². The second-order valence-corrected chi connectivity index (χ2v) is 10.8. The summed E-state index contributed by atoms with van der Waals surface area (Å²) in [6.45, 7) is 14.8.